The van der Waals surface area contributed by atoms with Gasteiger partial charge in [-0.2, -0.15) is 0 Å². The number of aryl methyl sites for hydroxylation is 1. The van der Waals surface area contributed by atoms with Crippen LogP contribution < -0.4 is 10.1 Å². The molecular weight excluding hydrogens is 354 g/mol. The third kappa shape index (κ3) is 2.97. The van der Waals surface area contributed by atoms with E-state index in [0.29, 0.717) is 17.3 Å². The number of nitrogens with one attached hydrogen (secondary N) is 1. The van der Waals surface area contributed by atoms with Crippen LogP contribution in [-0.4, -0.2) is 35.1 Å². The fourth-order valence-electron chi connectivity index (χ4n) is 3.16. The van der Waals surface area contributed by atoms with Crippen LogP contribution in [0.4, 0.5) is 4.79 Å². The van der Waals surface area contributed by atoms with Gasteiger partial charge in [-0.3, -0.25) is 9.69 Å². The topological polar surface area (TPSA) is 63.6 Å². The molecule has 0 radical (unpaired) electrons. The molecule has 0 aliphatic carbocycles. The van der Waals surface area contributed by atoms with Crippen LogP contribution >= 0.6 is 11.6 Å². The molecule has 0 saturated carbocycles. The molecule has 0 atom stereocenters. The van der Waals surface area contributed by atoms with Crippen molar-refractivity contribution in [1.82, 2.24) is 14.8 Å². The van der Waals surface area contributed by atoms with E-state index in [1.54, 1.807) is 26.2 Å². The average Bonchev–Trinajstić information content (AvgIpc) is 3.03. The quantitative estimate of drug-likeness (QED) is 0.657. The number of hydrogen-bond acceptors (Lipinski definition) is 3. The summed E-state index contributed by atoms with van der Waals surface area (Å²) in [5.41, 5.74) is 3.80. The van der Waals surface area contributed by atoms with Crippen molar-refractivity contribution in [1.29, 1.82) is 0 Å². The molecule has 7 heteroatoms. The standard InChI is InChI=1S/C19H20ClN3O3/c1-5-22-18(24)15(21-19(22)25)9-13-8-11(2)23(12(13)3)16-10-14(20)6-7-17(16)26-4/h6-10H,5H2,1-4H3,(H,21,25)/b15-9+. The zero-order valence-electron chi connectivity index (χ0n) is 15.1. The lowest BCUT2D eigenvalue weighted by Gasteiger charge is -2.14. The summed E-state index contributed by atoms with van der Waals surface area (Å²) in [6.45, 7) is 6.00. The van der Waals surface area contributed by atoms with Gasteiger partial charge in [-0.05, 0) is 56.7 Å². The lowest BCUT2D eigenvalue weighted by Crippen LogP contribution is -2.30. The van der Waals surface area contributed by atoms with E-state index in [1.165, 1.54) is 4.90 Å². The Labute approximate surface area is 157 Å². The highest BCUT2D eigenvalue weighted by molar-refractivity contribution is 6.30. The number of hydrogen-bond donors (Lipinski definition) is 1. The third-order valence-electron chi connectivity index (χ3n) is 4.43. The third-order valence-corrected chi connectivity index (χ3v) is 4.67. The largest absolute Gasteiger partial charge is 0.495 e. The summed E-state index contributed by atoms with van der Waals surface area (Å²) in [6.07, 6.45) is 1.70. The van der Waals surface area contributed by atoms with Crippen LogP contribution in [0.5, 0.6) is 5.75 Å². The fourth-order valence-corrected chi connectivity index (χ4v) is 3.32. The van der Waals surface area contributed by atoms with Crippen molar-refractivity contribution in [2.24, 2.45) is 0 Å². The summed E-state index contributed by atoms with van der Waals surface area (Å²) in [6, 6.07) is 6.98. The van der Waals surface area contributed by atoms with E-state index in [-0.39, 0.29) is 11.6 Å². The molecule has 136 valence electrons. The highest BCUT2D eigenvalue weighted by atomic mass is 35.5. The molecule has 3 rings (SSSR count). The smallest absolute Gasteiger partial charge is 0.328 e. The Balaban J connectivity index is 2.08. The first kappa shape index (κ1) is 18.1. The molecule has 6 nitrogen and oxygen atoms in total. The van der Waals surface area contributed by atoms with Crippen LogP contribution in [0.1, 0.15) is 23.9 Å². The second kappa shape index (κ2) is 6.88. The molecule has 1 fully saturated rings. The first-order valence-corrected chi connectivity index (χ1v) is 8.62. The summed E-state index contributed by atoms with van der Waals surface area (Å²) < 4.78 is 7.46. The number of carbonyl (C=O) groups excluding carboxylic acids is 2. The Morgan fingerprint density at radius 3 is 2.58 bits per heavy atom. The summed E-state index contributed by atoms with van der Waals surface area (Å²) in [7, 11) is 1.61. The molecule has 3 amide bonds. The van der Waals surface area contributed by atoms with E-state index >= 15 is 0 Å². The van der Waals surface area contributed by atoms with Gasteiger partial charge in [-0.25, -0.2) is 4.79 Å². The van der Waals surface area contributed by atoms with Gasteiger partial charge in [-0.15, -0.1) is 0 Å². The minimum atomic E-state index is -0.394. The van der Waals surface area contributed by atoms with Gasteiger partial charge >= 0.3 is 6.03 Å². The number of benzene rings is 1. The number of aromatic nitrogens is 1. The zero-order valence-corrected chi connectivity index (χ0v) is 15.8. The van der Waals surface area contributed by atoms with E-state index in [4.69, 9.17) is 16.3 Å². The number of amides is 3. The van der Waals surface area contributed by atoms with Gasteiger partial charge in [0.2, 0.25) is 0 Å². The Bertz CT molecular complexity index is 930. The molecule has 0 spiro atoms. The number of nitrogens with zero attached hydrogens (tertiary/aromatic N) is 2. The second-order valence-electron chi connectivity index (χ2n) is 6.02. The lowest BCUT2D eigenvalue weighted by molar-refractivity contribution is -0.122. The van der Waals surface area contributed by atoms with Crippen LogP contribution in [0.25, 0.3) is 11.8 Å². The van der Waals surface area contributed by atoms with Crippen molar-refractivity contribution < 1.29 is 14.3 Å². The monoisotopic (exact) mass is 373 g/mol. The maximum absolute atomic E-state index is 12.3. The van der Waals surface area contributed by atoms with Crippen LogP contribution in [0.3, 0.4) is 0 Å². The molecule has 0 bridgehead atoms. The van der Waals surface area contributed by atoms with Crippen molar-refractivity contribution in [2.75, 3.05) is 13.7 Å². The number of urea groups is 1. The van der Waals surface area contributed by atoms with Gasteiger partial charge in [0, 0.05) is 23.0 Å². The minimum Gasteiger partial charge on any atom is -0.495 e. The predicted octanol–water partition coefficient (Wildman–Crippen LogP) is 3.67. The van der Waals surface area contributed by atoms with E-state index in [9.17, 15) is 9.59 Å². The molecule has 1 aliphatic rings. The van der Waals surface area contributed by atoms with Gasteiger partial charge in [0.1, 0.15) is 11.4 Å². The molecule has 0 unspecified atom stereocenters. The summed E-state index contributed by atoms with van der Waals surface area (Å²) in [5, 5.41) is 3.23. The SMILES string of the molecule is CCN1C(=O)N/C(=C/c2cc(C)n(-c3cc(Cl)ccc3OC)c2C)C1=O. The van der Waals surface area contributed by atoms with E-state index in [0.717, 1.165) is 22.6 Å². The molecule has 1 aliphatic heterocycles. The van der Waals surface area contributed by atoms with Crippen LogP contribution in [0, 0.1) is 13.8 Å². The minimum absolute atomic E-state index is 0.273. The summed E-state index contributed by atoms with van der Waals surface area (Å²) >= 11 is 6.16. The Morgan fingerprint density at radius 1 is 1.23 bits per heavy atom. The number of carbonyl (C=O) groups is 2. The number of rotatable bonds is 4. The first-order valence-electron chi connectivity index (χ1n) is 8.24. The summed E-state index contributed by atoms with van der Waals surface area (Å²) in [4.78, 5) is 25.3. The van der Waals surface area contributed by atoms with Gasteiger partial charge in [0.15, 0.2) is 0 Å². The van der Waals surface area contributed by atoms with Crippen molar-refractivity contribution in [2.45, 2.75) is 20.8 Å². The number of methoxy groups -OCH3 is 1. The molecule has 2 aromatic rings. The van der Waals surface area contributed by atoms with E-state index in [2.05, 4.69) is 5.32 Å². The van der Waals surface area contributed by atoms with E-state index in [1.807, 2.05) is 36.6 Å². The fraction of sp³-hybridized carbons (Fsp3) is 0.263. The number of imide groups is 1. The Hall–Kier alpha value is -2.73. The molecule has 26 heavy (non-hydrogen) atoms. The molecule has 1 aromatic heterocycles. The molecule has 1 N–H and O–H groups in total. The predicted molar refractivity (Wildman–Crippen MR) is 101 cm³/mol. The first-order chi connectivity index (χ1) is 12.4. The zero-order chi connectivity index (χ0) is 19.0. The maximum atomic E-state index is 12.3. The Kier molecular flexibility index (Phi) is 4.78. The second-order valence-corrected chi connectivity index (χ2v) is 6.45. The average molecular weight is 374 g/mol. The molecular formula is C19H20ClN3O3. The molecule has 1 aromatic carbocycles. The van der Waals surface area contributed by atoms with Gasteiger partial charge < -0.3 is 14.6 Å². The number of likely N-dealkylation sites (N-methyl/N-ethyl adjacent to an activating group) is 1. The highest BCUT2D eigenvalue weighted by Gasteiger charge is 2.32. The van der Waals surface area contributed by atoms with Gasteiger partial charge in [-0.1, -0.05) is 11.6 Å². The van der Waals surface area contributed by atoms with Crippen LogP contribution in [0.2, 0.25) is 5.02 Å². The number of halogens is 1. The molecule has 1 saturated heterocycles. The summed E-state index contributed by atoms with van der Waals surface area (Å²) in [5.74, 6) is 0.375. The van der Waals surface area contributed by atoms with Crippen LogP contribution in [-0.2, 0) is 4.79 Å². The normalized spacial score (nSPS) is 15.7. The highest BCUT2D eigenvalue weighted by Crippen LogP contribution is 2.31. The van der Waals surface area contributed by atoms with Crippen molar-refractivity contribution in [3.05, 3.63) is 51.9 Å². The van der Waals surface area contributed by atoms with Gasteiger partial charge in [0.05, 0.1) is 12.8 Å². The van der Waals surface area contributed by atoms with Crippen molar-refractivity contribution >= 4 is 29.6 Å². The number of ether oxygens (including phenoxy) is 1. The van der Waals surface area contributed by atoms with Gasteiger partial charge in [0.25, 0.3) is 5.91 Å². The van der Waals surface area contributed by atoms with E-state index < -0.39 is 6.03 Å². The van der Waals surface area contributed by atoms with Crippen molar-refractivity contribution in [3.8, 4) is 11.4 Å². The Morgan fingerprint density at radius 2 is 1.96 bits per heavy atom. The lowest BCUT2D eigenvalue weighted by atomic mass is 10.2. The maximum Gasteiger partial charge on any atom is 0.328 e. The van der Waals surface area contributed by atoms with Crippen molar-refractivity contribution in [3.63, 3.8) is 0 Å². The van der Waals surface area contributed by atoms with Crippen LogP contribution in [0.15, 0.2) is 30.0 Å². The molecule has 2 heterocycles.